The van der Waals surface area contributed by atoms with E-state index in [0.717, 1.165) is 71.3 Å². The number of benzene rings is 3. The molecule has 5 rings (SSSR count). The standard InChI is InChI=1S/C31H34F3N4O/c1-2-3-19-38(28(29-35-15-16-36-29)22-23-11-13-25(14-12-23)31(32,33)34)20-17-37(18-21-38)30(39)27-10-6-8-24-7-4-5-9-26(24)27/h4-16,28H,2-3,17-22H2,1H3,(H,35,36)/q+1. The van der Waals surface area contributed by atoms with Gasteiger partial charge in [-0.15, -0.1) is 0 Å². The van der Waals surface area contributed by atoms with Crippen LogP contribution >= 0.6 is 0 Å². The second-order valence-electron chi connectivity index (χ2n) is 10.5. The molecule has 1 aromatic heterocycles. The van der Waals surface area contributed by atoms with Crippen LogP contribution in [-0.2, 0) is 12.6 Å². The van der Waals surface area contributed by atoms with Gasteiger partial charge in [0.05, 0.1) is 38.3 Å². The third-order valence-corrected chi connectivity index (χ3v) is 8.10. The first kappa shape index (κ1) is 26.9. The minimum atomic E-state index is -4.36. The van der Waals surface area contributed by atoms with Gasteiger partial charge in [-0.3, -0.25) is 4.79 Å². The molecule has 5 nitrogen and oxygen atoms in total. The molecule has 1 fully saturated rings. The first-order chi connectivity index (χ1) is 18.8. The Kier molecular flexibility index (Phi) is 7.75. The van der Waals surface area contributed by atoms with E-state index in [1.165, 1.54) is 0 Å². The first-order valence-electron chi connectivity index (χ1n) is 13.6. The number of quaternary nitrogens is 1. The number of alkyl halides is 3. The molecule has 3 aromatic carbocycles. The summed E-state index contributed by atoms with van der Waals surface area (Å²) in [5.74, 6) is 0.872. The number of amides is 1. The van der Waals surface area contributed by atoms with Gasteiger partial charge >= 0.3 is 6.18 Å². The molecule has 1 amide bonds. The number of nitrogens with zero attached hydrogens (tertiary/aromatic N) is 3. The molecule has 8 heteroatoms. The smallest absolute Gasteiger partial charge is 0.344 e. The molecule has 0 spiro atoms. The number of imidazole rings is 1. The van der Waals surface area contributed by atoms with E-state index in [0.29, 0.717) is 25.1 Å². The minimum Gasteiger partial charge on any atom is -0.344 e. The average molecular weight is 536 g/mol. The van der Waals surface area contributed by atoms with E-state index in [1.54, 1.807) is 24.5 Å². The molecule has 4 aromatic rings. The van der Waals surface area contributed by atoms with Gasteiger partial charge in [0.1, 0.15) is 0 Å². The predicted octanol–water partition coefficient (Wildman–Crippen LogP) is 6.64. The lowest BCUT2D eigenvalue weighted by molar-refractivity contribution is -0.961. The zero-order valence-electron chi connectivity index (χ0n) is 22.1. The van der Waals surface area contributed by atoms with Gasteiger partial charge < -0.3 is 14.4 Å². The van der Waals surface area contributed by atoms with Crippen molar-refractivity contribution in [2.45, 2.75) is 38.4 Å². The molecule has 2 heterocycles. The molecule has 1 atom stereocenters. The lowest BCUT2D eigenvalue weighted by atomic mass is 9.97. The summed E-state index contributed by atoms with van der Waals surface area (Å²) in [6.45, 7) is 5.80. The molecule has 1 saturated heterocycles. The molecule has 0 radical (unpaired) electrons. The molecule has 39 heavy (non-hydrogen) atoms. The number of carbonyl (C=O) groups excluding carboxylic acids is 1. The summed E-state index contributed by atoms with van der Waals surface area (Å²) in [5.41, 5.74) is 0.915. The summed E-state index contributed by atoms with van der Waals surface area (Å²) in [7, 11) is 0. The Morgan fingerprint density at radius 1 is 1.03 bits per heavy atom. The monoisotopic (exact) mass is 535 g/mol. The SMILES string of the molecule is CCCC[N+]1(C(Cc2ccc(C(F)(F)F)cc2)c2ncc[nH]2)CCN(C(=O)c2cccc3ccccc23)CC1. The molecule has 1 aliphatic heterocycles. The van der Waals surface area contributed by atoms with Crippen molar-refractivity contribution < 1.29 is 22.4 Å². The number of H-pyrrole nitrogens is 1. The van der Waals surface area contributed by atoms with E-state index in [1.807, 2.05) is 47.4 Å². The van der Waals surface area contributed by atoms with Crippen molar-refractivity contribution in [2.75, 3.05) is 32.7 Å². The normalized spacial score (nSPS) is 16.4. The predicted molar refractivity (Wildman–Crippen MR) is 146 cm³/mol. The van der Waals surface area contributed by atoms with Gasteiger partial charge in [0.25, 0.3) is 5.91 Å². The molecule has 1 aliphatic rings. The number of aromatic nitrogens is 2. The highest BCUT2D eigenvalue weighted by molar-refractivity contribution is 6.07. The summed E-state index contributed by atoms with van der Waals surface area (Å²) in [6, 6.07) is 19.2. The zero-order chi connectivity index (χ0) is 27.5. The van der Waals surface area contributed by atoms with Crippen molar-refractivity contribution in [3.05, 3.63) is 102 Å². The maximum absolute atomic E-state index is 13.6. The number of carbonyl (C=O) groups is 1. The van der Waals surface area contributed by atoms with Crippen molar-refractivity contribution in [1.29, 1.82) is 0 Å². The summed E-state index contributed by atoms with van der Waals surface area (Å²) >= 11 is 0. The quantitative estimate of drug-likeness (QED) is 0.257. The molecular formula is C31H34F3N4O+. The maximum atomic E-state index is 13.6. The molecule has 0 aliphatic carbocycles. The molecule has 1 N–H and O–H groups in total. The highest BCUT2D eigenvalue weighted by atomic mass is 19.4. The van der Waals surface area contributed by atoms with Crippen LogP contribution in [0.15, 0.2) is 79.1 Å². The van der Waals surface area contributed by atoms with Crippen LogP contribution in [0.3, 0.4) is 0 Å². The molecule has 0 bridgehead atoms. The number of hydrogen-bond donors (Lipinski definition) is 1. The maximum Gasteiger partial charge on any atom is 0.416 e. The van der Waals surface area contributed by atoms with E-state index >= 15 is 0 Å². The van der Waals surface area contributed by atoms with Crippen molar-refractivity contribution >= 4 is 16.7 Å². The van der Waals surface area contributed by atoms with E-state index in [4.69, 9.17) is 0 Å². The van der Waals surface area contributed by atoms with Crippen LogP contribution < -0.4 is 0 Å². The van der Waals surface area contributed by atoms with Crippen LogP contribution in [0, 0.1) is 0 Å². The number of nitrogens with one attached hydrogen (secondary N) is 1. The Balaban J connectivity index is 1.41. The number of rotatable bonds is 8. The second-order valence-corrected chi connectivity index (χ2v) is 10.5. The first-order valence-corrected chi connectivity index (χ1v) is 13.6. The van der Waals surface area contributed by atoms with Gasteiger partial charge in [0.15, 0.2) is 11.9 Å². The Hall–Kier alpha value is -3.65. The molecule has 204 valence electrons. The zero-order valence-corrected chi connectivity index (χ0v) is 22.1. The highest BCUT2D eigenvalue weighted by Crippen LogP contribution is 2.35. The van der Waals surface area contributed by atoms with Crippen molar-refractivity contribution in [3.63, 3.8) is 0 Å². The average Bonchev–Trinajstić information content (AvgIpc) is 3.49. The van der Waals surface area contributed by atoms with Crippen LogP contribution in [0.2, 0.25) is 0 Å². The van der Waals surface area contributed by atoms with Gasteiger partial charge in [0.2, 0.25) is 0 Å². The van der Waals surface area contributed by atoms with Crippen LogP contribution in [0.5, 0.6) is 0 Å². The molecule has 0 saturated carbocycles. The van der Waals surface area contributed by atoms with Gasteiger partial charge in [-0.05, 0) is 41.0 Å². The molecular weight excluding hydrogens is 501 g/mol. The third-order valence-electron chi connectivity index (χ3n) is 8.10. The van der Waals surface area contributed by atoms with Crippen LogP contribution in [0.4, 0.5) is 13.2 Å². The fourth-order valence-electron chi connectivity index (χ4n) is 5.88. The number of halogens is 3. The largest absolute Gasteiger partial charge is 0.416 e. The Bertz CT molecular complexity index is 1390. The number of piperazine rings is 1. The number of unbranched alkanes of at least 4 members (excludes halogenated alkanes) is 1. The third kappa shape index (κ3) is 5.71. The number of aromatic amines is 1. The summed E-state index contributed by atoms with van der Waals surface area (Å²) in [4.78, 5) is 23.5. The van der Waals surface area contributed by atoms with E-state index in [-0.39, 0.29) is 11.9 Å². The van der Waals surface area contributed by atoms with E-state index in [2.05, 4.69) is 16.9 Å². The second kappa shape index (κ2) is 11.2. The Labute approximate surface area is 226 Å². The van der Waals surface area contributed by atoms with Crippen molar-refractivity contribution in [2.24, 2.45) is 0 Å². The van der Waals surface area contributed by atoms with E-state index < -0.39 is 11.7 Å². The van der Waals surface area contributed by atoms with Gasteiger partial charge in [0, 0.05) is 24.4 Å². The van der Waals surface area contributed by atoms with Crippen LogP contribution in [-0.4, -0.2) is 58.0 Å². The topological polar surface area (TPSA) is 49.0 Å². The lowest BCUT2D eigenvalue weighted by Gasteiger charge is -2.49. The highest BCUT2D eigenvalue weighted by Gasteiger charge is 2.43. The van der Waals surface area contributed by atoms with Crippen LogP contribution in [0.1, 0.15) is 53.1 Å². The van der Waals surface area contributed by atoms with E-state index in [9.17, 15) is 18.0 Å². The summed E-state index contributed by atoms with van der Waals surface area (Å²) in [6.07, 6.45) is 1.77. The lowest BCUT2D eigenvalue weighted by Crippen LogP contribution is -2.62. The fraction of sp³-hybridized carbons (Fsp3) is 0.355. The number of fused-ring (bicyclic) bond motifs is 1. The minimum absolute atomic E-state index is 0.0392. The van der Waals surface area contributed by atoms with Gasteiger partial charge in [-0.25, -0.2) is 4.98 Å². The Morgan fingerprint density at radius 2 is 1.74 bits per heavy atom. The van der Waals surface area contributed by atoms with Gasteiger partial charge in [-0.2, -0.15) is 13.2 Å². The molecule has 1 unspecified atom stereocenters. The van der Waals surface area contributed by atoms with Gasteiger partial charge in [-0.1, -0.05) is 61.9 Å². The van der Waals surface area contributed by atoms with Crippen molar-refractivity contribution in [1.82, 2.24) is 14.9 Å². The fourth-order valence-corrected chi connectivity index (χ4v) is 5.88. The summed E-state index contributed by atoms with van der Waals surface area (Å²) < 4.78 is 40.2. The Morgan fingerprint density at radius 3 is 2.41 bits per heavy atom. The van der Waals surface area contributed by atoms with Crippen LogP contribution in [0.25, 0.3) is 10.8 Å². The van der Waals surface area contributed by atoms with Crippen molar-refractivity contribution in [3.8, 4) is 0 Å². The summed E-state index contributed by atoms with van der Waals surface area (Å²) in [5, 5.41) is 2.00. The number of hydrogen-bond acceptors (Lipinski definition) is 2.